The van der Waals surface area contributed by atoms with E-state index in [1.54, 1.807) is 49.5 Å². The molecule has 158 valence electrons. The molecule has 0 saturated heterocycles. The van der Waals surface area contributed by atoms with Crippen LogP contribution in [0.25, 0.3) is 21.8 Å². The summed E-state index contributed by atoms with van der Waals surface area (Å²) < 4.78 is 36.3. The van der Waals surface area contributed by atoms with Crippen molar-refractivity contribution in [3.63, 3.8) is 0 Å². The second-order valence-electron chi connectivity index (χ2n) is 6.83. The quantitative estimate of drug-likeness (QED) is 0.409. The van der Waals surface area contributed by atoms with Gasteiger partial charge in [0, 0.05) is 37.3 Å². The number of aromatic nitrogens is 5. The van der Waals surface area contributed by atoms with E-state index in [1.807, 2.05) is 0 Å². The number of fused-ring (bicyclic) bond motifs is 3. The van der Waals surface area contributed by atoms with E-state index in [9.17, 15) is 8.42 Å². The second kappa shape index (κ2) is 7.92. The molecule has 0 spiro atoms. The fraction of sp³-hybridized carbons (Fsp3) is 0.316. The van der Waals surface area contributed by atoms with Gasteiger partial charge in [-0.15, -0.1) is 0 Å². The van der Waals surface area contributed by atoms with E-state index >= 15 is 0 Å². The summed E-state index contributed by atoms with van der Waals surface area (Å²) in [6.45, 7) is 1.28. The zero-order valence-corrected chi connectivity index (χ0v) is 17.7. The molecule has 0 aliphatic rings. The molecule has 11 heteroatoms. The summed E-state index contributed by atoms with van der Waals surface area (Å²) in [4.78, 5) is 4.90. The Hall–Kier alpha value is -3.18. The molecule has 0 unspecified atom stereocenters. The molecular formula is C19H22N6O4S. The van der Waals surface area contributed by atoms with Gasteiger partial charge in [0.05, 0.1) is 29.9 Å². The van der Waals surface area contributed by atoms with Crippen molar-refractivity contribution in [3.8, 4) is 5.88 Å². The summed E-state index contributed by atoms with van der Waals surface area (Å²) in [5.74, 6) is 1.12. The Bertz CT molecular complexity index is 1310. The van der Waals surface area contributed by atoms with Gasteiger partial charge in [-0.2, -0.15) is 10.2 Å². The SMILES string of the molecule is COCCCn1ncc(Nc2nc3ccc(S(C)(=O)=O)cc3c3cn[nH]c23)c1OC. The average molecular weight is 430 g/mol. The molecule has 0 bridgehead atoms. The van der Waals surface area contributed by atoms with Crippen LogP contribution < -0.4 is 10.1 Å². The zero-order valence-electron chi connectivity index (χ0n) is 16.8. The number of methoxy groups -OCH3 is 2. The molecular weight excluding hydrogens is 408 g/mol. The average Bonchev–Trinajstić information content (AvgIpc) is 3.35. The first kappa shape index (κ1) is 20.1. The van der Waals surface area contributed by atoms with E-state index in [0.717, 1.165) is 11.8 Å². The Morgan fingerprint density at radius 1 is 1.20 bits per heavy atom. The first-order chi connectivity index (χ1) is 14.4. The molecule has 1 aromatic carbocycles. The monoisotopic (exact) mass is 430 g/mol. The van der Waals surface area contributed by atoms with Crippen LogP contribution >= 0.6 is 0 Å². The summed E-state index contributed by atoms with van der Waals surface area (Å²) >= 11 is 0. The first-order valence-corrected chi connectivity index (χ1v) is 11.1. The molecule has 0 aliphatic heterocycles. The predicted octanol–water partition coefficient (Wildman–Crippen LogP) is 2.50. The van der Waals surface area contributed by atoms with Crippen LogP contribution in [0.4, 0.5) is 11.5 Å². The molecule has 2 N–H and O–H groups in total. The van der Waals surface area contributed by atoms with Gasteiger partial charge < -0.3 is 14.8 Å². The maximum Gasteiger partial charge on any atom is 0.236 e. The normalized spacial score (nSPS) is 12.0. The fourth-order valence-corrected chi connectivity index (χ4v) is 3.96. The minimum Gasteiger partial charge on any atom is -0.480 e. The van der Waals surface area contributed by atoms with Crippen LogP contribution in [0.5, 0.6) is 5.88 Å². The van der Waals surface area contributed by atoms with Gasteiger partial charge in [0.25, 0.3) is 0 Å². The Morgan fingerprint density at radius 2 is 2.03 bits per heavy atom. The number of aromatic amines is 1. The third-order valence-electron chi connectivity index (χ3n) is 4.75. The van der Waals surface area contributed by atoms with Crippen molar-refractivity contribution < 1.29 is 17.9 Å². The third-order valence-corrected chi connectivity index (χ3v) is 5.86. The topological polar surface area (TPSA) is 124 Å². The number of aryl methyl sites for hydroxylation is 1. The van der Waals surface area contributed by atoms with E-state index in [1.165, 1.54) is 6.26 Å². The summed E-state index contributed by atoms with van der Waals surface area (Å²) in [6.07, 6.45) is 5.31. The van der Waals surface area contributed by atoms with Gasteiger partial charge in [0.1, 0.15) is 11.2 Å². The number of ether oxygens (including phenoxy) is 2. The maximum absolute atomic E-state index is 11.9. The smallest absolute Gasteiger partial charge is 0.236 e. The van der Waals surface area contributed by atoms with E-state index in [2.05, 4.69) is 25.6 Å². The number of nitrogens with zero attached hydrogens (tertiary/aromatic N) is 4. The van der Waals surface area contributed by atoms with Crippen LogP contribution in [0.1, 0.15) is 6.42 Å². The number of hydrogen-bond acceptors (Lipinski definition) is 8. The minimum atomic E-state index is -3.33. The molecule has 3 heterocycles. The van der Waals surface area contributed by atoms with Gasteiger partial charge in [0.2, 0.25) is 5.88 Å². The summed E-state index contributed by atoms with van der Waals surface area (Å²) in [5, 5.41) is 16.2. The Labute approximate surface area is 173 Å². The van der Waals surface area contributed by atoms with Crippen molar-refractivity contribution in [1.29, 1.82) is 0 Å². The highest BCUT2D eigenvalue weighted by molar-refractivity contribution is 7.90. The van der Waals surface area contributed by atoms with Crippen LogP contribution in [0, 0.1) is 0 Å². The summed E-state index contributed by atoms with van der Waals surface area (Å²) in [5.41, 5.74) is 1.96. The molecule has 0 radical (unpaired) electrons. The minimum absolute atomic E-state index is 0.235. The van der Waals surface area contributed by atoms with Crippen LogP contribution in [0.15, 0.2) is 35.5 Å². The van der Waals surface area contributed by atoms with Crippen molar-refractivity contribution in [2.75, 3.05) is 32.4 Å². The van der Waals surface area contributed by atoms with E-state index in [0.29, 0.717) is 47.0 Å². The number of benzene rings is 1. The highest BCUT2D eigenvalue weighted by atomic mass is 32.2. The number of sulfone groups is 1. The Balaban J connectivity index is 1.76. The molecule has 10 nitrogen and oxygen atoms in total. The second-order valence-corrected chi connectivity index (χ2v) is 8.85. The van der Waals surface area contributed by atoms with Gasteiger partial charge in [-0.3, -0.25) is 5.10 Å². The van der Waals surface area contributed by atoms with Crippen LogP contribution in [0.3, 0.4) is 0 Å². The summed E-state index contributed by atoms with van der Waals surface area (Å²) in [7, 11) is -0.0866. The number of H-pyrrole nitrogens is 1. The number of pyridine rings is 1. The number of nitrogens with one attached hydrogen (secondary N) is 2. The van der Waals surface area contributed by atoms with Crippen molar-refractivity contribution >= 4 is 43.1 Å². The van der Waals surface area contributed by atoms with E-state index in [4.69, 9.17) is 9.47 Å². The van der Waals surface area contributed by atoms with Gasteiger partial charge >= 0.3 is 0 Å². The first-order valence-electron chi connectivity index (χ1n) is 9.25. The lowest BCUT2D eigenvalue weighted by Crippen LogP contribution is -2.06. The highest BCUT2D eigenvalue weighted by Gasteiger charge is 2.17. The Kier molecular flexibility index (Phi) is 5.31. The van der Waals surface area contributed by atoms with Gasteiger partial charge in [-0.25, -0.2) is 18.1 Å². The maximum atomic E-state index is 11.9. The third kappa shape index (κ3) is 3.68. The van der Waals surface area contributed by atoms with Crippen molar-refractivity contribution in [2.45, 2.75) is 17.9 Å². The van der Waals surface area contributed by atoms with Gasteiger partial charge in [-0.05, 0) is 24.6 Å². The van der Waals surface area contributed by atoms with E-state index < -0.39 is 9.84 Å². The van der Waals surface area contributed by atoms with Crippen molar-refractivity contribution in [2.24, 2.45) is 0 Å². The molecule has 4 rings (SSSR count). The lowest BCUT2D eigenvalue weighted by Gasteiger charge is -2.11. The summed E-state index contributed by atoms with van der Waals surface area (Å²) in [6, 6.07) is 4.86. The van der Waals surface area contributed by atoms with Gasteiger partial charge in [-0.1, -0.05) is 0 Å². The molecule has 3 aromatic heterocycles. The van der Waals surface area contributed by atoms with Crippen molar-refractivity contribution in [1.82, 2.24) is 25.0 Å². The zero-order chi connectivity index (χ0) is 21.3. The lowest BCUT2D eigenvalue weighted by atomic mass is 10.1. The molecule has 0 atom stereocenters. The van der Waals surface area contributed by atoms with E-state index in [-0.39, 0.29) is 4.90 Å². The number of rotatable bonds is 8. The van der Waals surface area contributed by atoms with Crippen LogP contribution in [0.2, 0.25) is 0 Å². The molecule has 0 aliphatic carbocycles. The molecule has 4 aromatic rings. The van der Waals surface area contributed by atoms with Crippen LogP contribution in [-0.2, 0) is 21.1 Å². The highest BCUT2D eigenvalue weighted by Crippen LogP contribution is 2.33. The van der Waals surface area contributed by atoms with Gasteiger partial charge in [0.15, 0.2) is 15.7 Å². The molecule has 0 amide bonds. The van der Waals surface area contributed by atoms with Crippen molar-refractivity contribution in [3.05, 3.63) is 30.6 Å². The lowest BCUT2D eigenvalue weighted by molar-refractivity contribution is 0.187. The predicted molar refractivity (Wildman–Crippen MR) is 113 cm³/mol. The molecule has 30 heavy (non-hydrogen) atoms. The van der Waals surface area contributed by atoms with Crippen LogP contribution in [-0.4, -0.2) is 60.5 Å². The fourth-order valence-electron chi connectivity index (χ4n) is 3.32. The Morgan fingerprint density at radius 3 is 2.77 bits per heavy atom. The number of hydrogen-bond donors (Lipinski definition) is 2. The largest absolute Gasteiger partial charge is 0.480 e. The standard InChI is InChI=1S/C19H22N6O4S/c1-28-8-4-7-25-19(29-2)16(11-21-25)23-18-17-14(10-20-24-17)13-9-12(30(3,26)27)5-6-15(13)22-18/h5-6,9-11H,4,7-8H2,1-3H3,(H,20,24)(H,22,23). The molecule has 0 saturated carbocycles. The number of anilines is 2. The molecule has 0 fully saturated rings.